The Kier molecular flexibility index (Phi) is 5.77. The molecule has 1 aromatic carbocycles. The number of urea groups is 1. The largest absolute Gasteiger partial charge is 0.465 e. The van der Waals surface area contributed by atoms with E-state index in [9.17, 15) is 9.59 Å². The summed E-state index contributed by atoms with van der Waals surface area (Å²) in [6.07, 6.45) is 0. The highest BCUT2D eigenvalue weighted by molar-refractivity contribution is 5.89. The molecule has 0 atom stereocenters. The van der Waals surface area contributed by atoms with Gasteiger partial charge in [-0.1, -0.05) is 12.1 Å². The number of benzene rings is 1. The van der Waals surface area contributed by atoms with Crippen LogP contribution in [0.2, 0.25) is 0 Å². The number of carbonyl (C=O) groups is 2. The summed E-state index contributed by atoms with van der Waals surface area (Å²) in [6, 6.07) is 7.16. The number of ether oxygens (including phenoxy) is 2. The van der Waals surface area contributed by atoms with Gasteiger partial charge in [0, 0.05) is 26.2 Å². The average Bonchev–Trinajstić information content (AvgIpc) is 2.59. The number of rotatable bonds is 4. The van der Waals surface area contributed by atoms with Gasteiger partial charge in [-0.05, 0) is 24.6 Å². The van der Waals surface area contributed by atoms with Gasteiger partial charge < -0.3 is 19.3 Å². The molecule has 0 saturated carbocycles. The fourth-order valence-electron chi connectivity index (χ4n) is 2.35. The number of amides is 2. The molecule has 0 unspecified atom stereocenters. The van der Waals surface area contributed by atoms with Gasteiger partial charge >= 0.3 is 12.0 Å². The normalized spacial score (nSPS) is 14.5. The lowest BCUT2D eigenvalue weighted by atomic mass is 10.1. The monoisotopic (exact) mass is 306 g/mol. The Morgan fingerprint density at radius 3 is 2.41 bits per heavy atom. The van der Waals surface area contributed by atoms with E-state index in [0.717, 1.165) is 5.56 Å². The Balaban J connectivity index is 2.00. The second-order valence-corrected chi connectivity index (χ2v) is 5.08. The van der Waals surface area contributed by atoms with E-state index < -0.39 is 0 Å². The van der Waals surface area contributed by atoms with Crippen LogP contribution in [0.5, 0.6) is 0 Å². The number of nitrogens with zero attached hydrogens (tertiary/aromatic N) is 2. The van der Waals surface area contributed by atoms with E-state index in [-0.39, 0.29) is 12.0 Å². The molecule has 1 heterocycles. The number of carbonyl (C=O) groups excluding carboxylic acids is 2. The fourth-order valence-corrected chi connectivity index (χ4v) is 2.35. The zero-order valence-electron chi connectivity index (χ0n) is 13.1. The van der Waals surface area contributed by atoms with Gasteiger partial charge in [-0.2, -0.15) is 0 Å². The number of morpholine rings is 1. The minimum absolute atomic E-state index is 0.0304. The highest BCUT2D eigenvalue weighted by Gasteiger charge is 2.21. The molecule has 1 aliphatic rings. The molecule has 2 amide bonds. The van der Waals surface area contributed by atoms with Crippen LogP contribution in [-0.4, -0.2) is 61.8 Å². The summed E-state index contributed by atoms with van der Waals surface area (Å²) in [7, 11) is 1.36. The van der Waals surface area contributed by atoms with Crippen LogP contribution >= 0.6 is 0 Å². The van der Waals surface area contributed by atoms with Crippen LogP contribution in [0.15, 0.2) is 24.3 Å². The van der Waals surface area contributed by atoms with Crippen LogP contribution < -0.4 is 0 Å². The highest BCUT2D eigenvalue weighted by Crippen LogP contribution is 2.11. The Hall–Kier alpha value is -2.08. The van der Waals surface area contributed by atoms with E-state index in [1.54, 1.807) is 17.0 Å². The van der Waals surface area contributed by atoms with E-state index in [4.69, 9.17) is 4.74 Å². The first-order valence-corrected chi connectivity index (χ1v) is 7.44. The van der Waals surface area contributed by atoms with Crippen LogP contribution in [-0.2, 0) is 16.0 Å². The smallest absolute Gasteiger partial charge is 0.337 e. The van der Waals surface area contributed by atoms with Gasteiger partial charge in [0.15, 0.2) is 0 Å². The standard InChI is InChI=1S/C16H22N2O4/c1-3-17(16(20)18-8-10-22-11-9-18)12-13-4-6-14(7-5-13)15(19)21-2/h4-7H,3,8-12H2,1-2H3. The van der Waals surface area contributed by atoms with Crippen LogP contribution in [0.3, 0.4) is 0 Å². The molecule has 1 fully saturated rings. The van der Waals surface area contributed by atoms with Crippen molar-refractivity contribution in [3.63, 3.8) is 0 Å². The average molecular weight is 306 g/mol. The van der Waals surface area contributed by atoms with E-state index in [2.05, 4.69) is 4.74 Å². The number of methoxy groups -OCH3 is 1. The predicted octanol–water partition coefficient (Wildman–Crippen LogP) is 1.75. The van der Waals surface area contributed by atoms with Crippen LogP contribution in [0.25, 0.3) is 0 Å². The van der Waals surface area contributed by atoms with Crippen molar-refractivity contribution in [3.05, 3.63) is 35.4 Å². The molecule has 120 valence electrons. The van der Waals surface area contributed by atoms with Crippen molar-refractivity contribution >= 4 is 12.0 Å². The second kappa shape index (κ2) is 7.79. The molecule has 0 N–H and O–H groups in total. The van der Waals surface area contributed by atoms with Gasteiger partial charge in [0.25, 0.3) is 0 Å². The SMILES string of the molecule is CCN(Cc1ccc(C(=O)OC)cc1)C(=O)N1CCOCC1. The molecule has 0 bridgehead atoms. The maximum atomic E-state index is 12.5. The summed E-state index contributed by atoms with van der Waals surface area (Å²) < 4.78 is 9.95. The zero-order valence-corrected chi connectivity index (χ0v) is 13.1. The quantitative estimate of drug-likeness (QED) is 0.795. The van der Waals surface area contributed by atoms with Crippen LogP contribution in [0.4, 0.5) is 4.79 Å². The van der Waals surface area contributed by atoms with Crippen molar-refractivity contribution in [1.29, 1.82) is 0 Å². The van der Waals surface area contributed by atoms with Crippen molar-refractivity contribution < 1.29 is 19.1 Å². The van der Waals surface area contributed by atoms with Gasteiger partial charge in [0.05, 0.1) is 25.9 Å². The molecular formula is C16H22N2O4. The van der Waals surface area contributed by atoms with Gasteiger partial charge in [-0.25, -0.2) is 9.59 Å². The molecule has 0 aliphatic carbocycles. The van der Waals surface area contributed by atoms with Crippen molar-refractivity contribution in [2.75, 3.05) is 40.0 Å². The molecule has 1 saturated heterocycles. The van der Waals surface area contributed by atoms with E-state index in [1.807, 2.05) is 24.0 Å². The molecule has 1 aliphatic heterocycles. The molecule has 2 rings (SSSR count). The van der Waals surface area contributed by atoms with Crippen molar-refractivity contribution in [3.8, 4) is 0 Å². The maximum Gasteiger partial charge on any atom is 0.337 e. The molecule has 0 aromatic heterocycles. The Bertz CT molecular complexity index is 509. The summed E-state index contributed by atoms with van der Waals surface area (Å²) in [4.78, 5) is 27.5. The molecule has 22 heavy (non-hydrogen) atoms. The van der Waals surface area contributed by atoms with Crippen LogP contribution in [0.1, 0.15) is 22.8 Å². The third-order valence-electron chi connectivity index (χ3n) is 3.68. The molecular weight excluding hydrogens is 284 g/mol. The van der Waals surface area contributed by atoms with Gasteiger partial charge in [0.1, 0.15) is 0 Å². The Morgan fingerprint density at radius 1 is 1.23 bits per heavy atom. The highest BCUT2D eigenvalue weighted by atomic mass is 16.5. The van der Waals surface area contributed by atoms with E-state index in [1.165, 1.54) is 7.11 Å². The Morgan fingerprint density at radius 2 is 1.86 bits per heavy atom. The minimum Gasteiger partial charge on any atom is -0.465 e. The second-order valence-electron chi connectivity index (χ2n) is 5.08. The predicted molar refractivity (Wildman–Crippen MR) is 81.7 cm³/mol. The number of hydrogen-bond donors (Lipinski definition) is 0. The summed E-state index contributed by atoms with van der Waals surface area (Å²) in [5.41, 5.74) is 1.49. The van der Waals surface area contributed by atoms with E-state index in [0.29, 0.717) is 45.0 Å². The van der Waals surface area contributed by atoms with Crippen molar-refractivity contribution in [2.45, 2.75) is 13.5 Å². The van der Waals surface area contributed by atoms with Crippen LogP contribution in [0, 0.1) is 0 Å². The minimum atomic E-state index is -0.358. The summed E-state index contributed by atoms with van der Waals surface area (Å²) in [5, 5.41) is 0. The van der Waals surface area contributed by atoms with E-state index >= 15 is 0 Å². The number of esters is 1. The van der Waals surface area contributed by atoms with Gasteiger partial charge in [-0.3, -0.25) is 0 Å². The summed E-state index contributed by atoms with van der Waals surface area (Å²) in [6.45, 7) is 5.58. The first-order chi connectivity index (χ1) is 10.7. The van der Waals surface area contributed by atoms with Gasteiger partial charge in [-0.15, -0.1) is 0 Å². The first-order valence-electron chi connectivity index (χ1n) is 7.44. The fraction of sp³-hybridized carbons (Fsp3) is 0.500. The lowest BCUT2D eigenvalue weighted by Crippen LogP contribution is -2.47. The molecule has 0 radical (unpaired) electrons. The lowest BCUT2D eigenvalue weighted by Gasteiger charge is -2.32. The summed E-state index contributed by atoms with van der Waals surface area (Å²) >= 11 is 0. The van der Waals surface area contributed by atoms with Crippen molar-refractivity contribution in [1.82, 2.24) is 9.80 Å². The molecule has 1 aromatic rings. The third kappa shape index (κ3) is 3.98. The summed E-state index contributed by atoms with van der Waals surface area (Å²) in [5.74, 6) is -0.358. The van der Waals surface area contributed by atoms with Crippen molar-refractivity contribution in [2.24, 2.45) is 0 Å². The molecule has 6 nitrogen and oxygen atoms in total. The third-order valence-corrected chi connectivity index (χ3v) is 3.68. The molecule has 6 heteroatoms. The topological polar surface area (TPSA) is 59.1 Å². The number of hydrogen-bond acceptors (Lipinski definition) is 4. The maximum absolute atomic E-state index is 12.5. The van der Waals surface area contributed by atoms with Gasteiger partial charge in [0.2, 0.25) is 0 Å². The lowest BCUT2D eigenvalue weighted by molar-refractivity contribution is 0.0430. The first kappa shape index (κ1) is 16.3. The zero-order chi connectivity index (χ0) is 15.9. The Labute approximate surface area is 130 Å². The molecule has 0 spiro atoms.